The third-order valence-corrected chi connectivity index (χ3v) is 3.52. The number of rotatable bonds is 7. The summed E-state index contributed by atoms with van der Waals surface area (Å²) < 4.78 is 15.7. The highest BCUT2D eigenvalue weighted by atomic mass is 16.6. The highest BCUT2D eigenvalue weighted by Crippen LogP contribution is 2.40. The van der Waals surface area contributed by atoms with E-state index in [4.69, 9.17) is 14.2 Å². The van der Waals surface area contributed by atoms with Gasteiger partial charge in [0, 0.05) is 6.07 Å². The van der Waals surface area contributed by atoms with Gasteiger partial charge in [-0.15, -0.1) is 0 Å². The Bertz CT molecular complexity index is 828. The average Bonchev–Trinajstić information content (AvgIpc) is 2.64. The van der Waals surface area contributed by atoms with E-state index in [-0.39, 0.29) is 22.8 Å². The first-order valence-corrected chi connectivity index (χ1v) is 7.28. The number of nitrogens with zero attached hydrogens (tertiary/aromatic N) is 1. The second-order valence-electron chi connectivity index (χ2n) is 4.90. The lowest BCUT2D eigenvalue weighted by atomic mass is 10.1. The van der Waals surface area contributed by atoms with Gasteiger partial charge in [-0.05, 0) is 30.4 Å². The lowest BCUT2D eigenvalue weighted by molar-refractivity contribution is -0.385. The summed E-state index contributed by atoms with van der Waals surface area (Å²) in [6.45, 7) is 0. The number of hydrogen-bond donors (Lipinski definition) is 0. The molecule has 0 radical (unpaired) electrons. The molecule has 0 saturated carbocycles. The van der Waals surface area contributed by atoms with Crippen LogP contribution in [0.15, 0.2) is 42.5 Å². The molecule has 0 heterocycles. The fourth-order valence-electron chi connectivity index (χ4n) is 2.35. The molecule has 2 aromatic rings. The molecule has 0 aliphatic heterocycles. The van der Waals surface area contributed by atoms with Crippen molar-refractivity contribution in [2.45, 2.75) is 0 Å². The molecule has 7 nitrogen and oxygen atoms in total. The van der Waals surface area contributed by atoms with Gasteiger partial charge in [-0.2, -0.15) is 0 Å². The minimum Gasteiger partial charge on any atom is -0.493 e. The van der Waals surface area contributed by atoms with E-state index < -0.39 is 4.92 Å². The molecule has 25 heavy (non-hydrogen) atoms. The van der Waals surface area contributed by atoms with Crippen molar-refractivity contribution in [2.75, 3.05) is 21.3 Å². The van der Waals surface area contributed by atoms with Gasteiger partial charge in [-0.25, -0.2) is 0 Å². The number of hydrogen-bond acceptors (Lipinski definition) is 6. The molecule has 0 spiro atoms. The number of para-hydroxylation sites is 1. The van der Waals surface area contributed by atoms with Gasteiger partial charge >= 0.3 is 0 Å². The topological polar surface area (TPSA) is 87.9 Å². The SMILES string of the molecule is COc1ccc(C(=O)C=Cc2ccccc2[N+](=O)[O-])c(OC)c1OC. The molecule has 7 heteroatoms. The number of benzene rings is 2. The number of nitro benzene ring substituents is 1. The Labute approximate surface area is 144 Å². The fourth-order valence-corrected chi connectivity index (χ4v) is 2.35. The first kappa shape index (κ1) is 18.0. The smallest absolute Gasteiger partial charge is 0.276 e. The van der Waals surface area contributed by atoms with Crippen LogP contribution in [-0.2, 0) is 0 Å². The van der Waals surface area contributed by atoms with Crippen LogP contribution < -0.4 is 14.2 Å². The predicted octanol–water partition coefficient (Wildman–Crippen LogP) is 3.52. The summed E-state index contributed by atoms with van der Waals surface area (Å²) in [5.41, 5.74) is 0.515. The monoisotopic (exact) mass is 343 g/mol. The number of carbonyl (C=O) groups excluding carboxylic acids is 1. The van der Waals surface area contributed by atoms with E-state index in [1.165, 1.54) is 39.5 Å². The molecule has 2 aromatic carbocycles. The van der Waals surface area contributed by atoms with Crippen molar-refractivity contribution >= 4 is 17.5 Å². The van der Waals surface area contributed by atoms with Gasteiger partial charge in [0.1, 0.15) is 0 Å². The number of nitro groups is 1. The lowest BCUT2D eigenvalue weighted by Crippen LogP contribution is -2.03. The summed E-state index contributed by atoms with van der Waals surface area (Å²) in [5.74, 6) is 0.587. The summed E-state index contributed by atoms with van der Waals surface area (Å²) in [6, 6.07) is 9.30. The van der Waals surface area contributed by atoms with E-state index in [1.807, 2.05) is 0 Å². The van der Waals surface area contributed by atoms with Crippen LogP contribution in [0.1, 0.15) is 15.9 Å². The van der Waals surface area contributed by atoms with Crippen LogP contribution in [0.25, 0.3) is 6.08 Å². The molecule has 0 aromatic heterocycles. The van der Waals surface area contributed by atoms with Crippen molar-refractivity contribution in [2.24, 2.45) is 0 Å². The molecule has 0 bridgehead atoms. The standard InChI is InChI=1S/C18H17NO6/c1-23-16-11-9-13(17(24-2)18(16)25-3)15(20)10-8-12-6-4-5-7-14(12)19(21)22/h4-11H,1-3H3. The fraction of sp³-hybridized carbons (Fsp3) is 0.167. The predicted molar refractivity (Wildman–Crippen MR) is 92.6 cm³/mol. The minimum atomic E-state index is -0.499. The van der Waals surface area contributed by atoms with Crippen molar-refractivity contribution < 1.29 is 23.9 Å². The Morgan fingerprint density at radius 1 is 1.00 bits per heavy atom. The van der Waals surface area contributed by atoms with Gasteiger partial charge in [-0.3, -0.25) is 14.9 Å². The highest BCUT2D eigenvalue weighted by molar-refractivity contribution is 6.09. The third-order valence-electron chi connectivity index (χ3n) is 3.52. The Kier molecular flexibility index (Phi) is 5.73. The van der Waals surface area contributed by atoms with Gasteiger partial charge in [0.05, 0.1) is 37.4 Å². The van der Waals surface area contributed by atoms with E-state index in [0.717, 1.165) is 0 Å². The zero-order chi connectivity index (χ0) is 18.4. The molecule has 130 valence electrons. The van der Waals surface area contributed by atoms with Crippen molar-refractivity contribution in [1.82, 2.24) is 0 Å². The molecule has 0 unspecified atom stereocenters. The van der Waals surface area contributed by atoms with E-state index in [0.29, 0.717) is 17.1 Å². The van der Waals surface area contributed by atoms with Crippen LogP contribution in [0.4, 0.5) is 5.69 Å². The second kappa shape index (κ2) is 7.96. The first-order valence-electron chi connectivity index (χ1n) is 7.28. The van der Waals surface area contributed by atoms with Gasteiger partial charge in [0.15, 0.2) is 17.3 Å². The summed E-state index contributed by atoms with van der Waals surface area (Å²) in [5, 5.41) is 11.0. The normalized spacial score (nSPS) is 10.5. The van der Waals surface area contributed by atoms with Crippen LogP contribution in [0.5, 0.6) is 17.2 Å². The van der Waals surface area contributed by atoms with E-state index >= 15 is 0 Å². The number of methoxy groups -OCH3 is 3. The average molecular weight is 343 g/mol. The van der Waals surface area contributed by atoms with Gasteiger partial charge in [0.2, 0.25) is 5.75 Å². The molecule has 0 aliphatic rings. The zero-order valence-corrected chi connectivity index (χ0v) is 14.0. The van der Waals surface area contributed by atoms with Crippen molar-refractivity contribution in [1.29, 1.82) is 0 Å². The Morgan fingerprint density at radius 3 is 2.28 bits per heavy atom. The van der Waals surface area contributed by atoms with Crippen molar-refractivity contribution in [3.63, 3.8) is 0 Å². The van der Waals surface area contributed by atoms with Crippen LogP contribution in [-0.4, -0.2) is 32.0 Å². The number of allylic oxidation sites excluding steroid dienone is 1. The van der Waals surface area contributed by atoms with Crippen LogP contribution in [0.2, 0.25) is 0 Å². The minimum absolute atomic E-state index is 0.0779. The Hall–Kier alpha value is -3.35. The molecule has 0 atom stereocenters. The second-order valence-corrected chi connectivity index (χ2v) is 4.90. The van der Waals surface area contributed by atoms with Crippen molar-refractivity contribution in [3.8, 4) is 17.2 Å². The number of carbonyl (C=O) groups is 1. The van der Waals surface area contributed by atoms with Crippen molar-refractivity contribution in [3.05, 3.63) is 63.7 Å². The Balaban J connectivity index is 2.41. The quantitative estimate of drug-likeness (QED) is 0.331. The summed E-state index contributed by atoms with van der Waals surface area (Å²) in [7, 11) is 4.34. The summed E-state index contributed by atoms with van der Waals surface area (Å²) in [6.07, 6.45) is 2.66. The molecule has 2 rings (SSSR count). The third kappa shape index (κ3) is 3.77. The largest absolute Gasteiger partial charge is 0.493 e. The van der Waals surface area contributed by atoms with Crippen LogP contribution in [0.3, 0.4) is 0 Å². The van der Waals surface area contributed by atoms with Crippen LogP contribution in [0, 0.1) is 10.1 Å². The molecule has 0 N–H and O–H groups in total. The highest BCUT2D eigenvalue weighted by Gasteiger charge is 2.19. The van der Waals surface area contributed by atoms with Gasteiger partial charge in [-0.1, -0.05) is 12.1 Å². The van der Waals surface area contributed by atoms with E-state index in [9.17, 15) is 14.9 Å². The van der Waals surface area contributed by atoms with Crippen LogP contribution >= 0.6 is 0 Å². The summed E-state index contributed by atoms with van der Waals surface area (Å²) in [4.78, 5) is 23.0. The Morgan fingerprint density at radius 2 is 1.68 bits per heavy atom. The van der Waals surface area contributed by atoms with Gasteiger partial charge < -0.3 is 14.2 Å². The zero-order valence-electron chi connectivity index (χ0n) is 14.0. The number of ether oxygens (including phenoxy) is 3. The van der Waals surface area contributed by atoms with E-state index in [1.54, 1.807) is 30.3 Å². The first-order chi connectivity index (χ1) is 12.0. The molecular weight excluding hydrogens is 326 g/mol. The maximum atomic E-state index is 12.5. The number of ketones is 1. The van der Waals surface area contributed by atoms with Gasteiger partial charge in [0.25, 0.3) is 5.69 Å². The molecule has 0 amide bonds. The molecule has 0 aliphatic carbocycles. The van der Waals surface area contributed by atoms with E-state index in [2.05, 4.69) is 0 Å². The molecule has 0 fully saturated rings. The lowest BCUT2D eigenvalue weighted by Gasteiger charge is -2.14. The maximum absolute atomic E-state index is 12.5. The molecular formula is C18H17NO6. The molecule has 0 saturated heterocycles. The maximum Gasteiger partial charge on any atom is 0.276 e. The summed E-state index contributed by atoms with van der Waals surface area (Å²) >= 11 is 0.